The molecule has 4 aromatic carbocycles. The van der Waals surface area contributed by atoms with Crippen molar-refractivity contribution >= 4 is 80.9 Å². The van der Waals surface area contributed by atoms with Crippen LogP contribution in [0.2, 0.25) is 0 Å². The molecule has 2 saturated carbocycles. The number of carbonyl (C=O) groups excluding carboxylic acids is 6. The Morgan fingerprint density at radius 2 is 0.871 bits per heavy atom. The lowest BCUT2D eigenvalue weighted by Crippen LogP contribution is -2.81. The molecule has 0 radical (unpaired) electrons. The fourth-order valence-corrected chi connectivity index (χ4v) is 26.0. The van der Waals surface area contributed by atoms with Crippen LogP contribution in [0.25, 0.3) is 21.8 Å². The van der Waals surface area contributed by atoms with Crippen LogP contribution in [0.3, 0.4) is 0 Å². The number of aliphatic carboxylic acids is 2. The Morgan fingerprint density at radius 3 is 1.20 bits per heavy atom. The average Bonchev–Trinajstić information content (AvgIpc) is 1.47. The maximum Gasteiger partial charge on any atom is 0.344 e. The van der Waals surface area contributed by atoms with Crippen molar-refractivity contribution in [3.63, 3.8) is 0 Å². The third-order valence-electron chi connectivity index (χ3n) is 30.3. The highest BCUT2D eigenvalue weighted by molar-refractivity contribution is 5.98. The lowest BCUT2D eigenvalue weighted by atomic mass is 9.47. The van der Waals surface area contributed by atoms with Crippen LogP contribution in [0, 0.1) is 22.7 Å². The fraction of sp³-hybridized carbons (Fsp3) is 0.532. The number of benzene rings is 4. The number of carbonyl (C=O) groups is 8. The molecule has 4 bridgehead atoms. The summed E-state index contributed by atoms with van der Waals surface area (Å²) in [6.07, 6.45) is 10.8. The average molecular weight is 1710 g/mol. The Hall–Kier alpha value is -10.4. The van der Waals surface area contributed by atoms with Gasteiger partial charge in [-0.05, 0) is 123 Å². The van der Waals surface area contributed by atoms with Crippen molar-refractivity contribution in [3.8, 4) is 11.5 Å². The fourth-order valence-electron chi connectivity index (χ4n) is 26.0. The third-order valence-corrected chi connectivity index (χ3v) is 30.3. The lowest BCUT2D eigenvalue weighted by Gasteiger charge is -2.63. The summed E-state index contributed by atoms with van der Waals surface area (Å²) in [7, 11) is 12.4. The van der Waals surface area contributed by atoms with Gasteiger partial charge >= 0.3 is 47.8 Å². The highest BCUT2D eigenvalue weighted by Gasteiger charge is 2.83. The van der Waals surface area contributed by atoms with Gasteiger partial charge in [0, 0.05) is 182 Å². The van der Waals surface area contributed by atoms with Gasteiger partial charge in [0.2, 0.25) is 11.2 Å². The highest BCUT2D eigenvalue weighted by atomic mass is 16.6. The number of aliphatic hydroxyl groups excluding tert-OH is 2. The van der Waals surface area contributed by atoms with Crippen molar-refractivity contribution < 1.29 is 107 Å². The van der Waals surface area contributed by atoms with Crippen LogP contribution in [-0.2, 0) is 102 Å². The van der Waals surface area contributed by atoms with Crippen molar-refractivity contribution in [2.24, 2.45) is 22.7 Å². The predicted octanol–water partition coefficient (Wildman–Crippen LogP) is 7.38. The summed E-state index contributed by atoms with van der Waals surface area (Å²) in [5, 5.41) is 61.2. The van der Waals surface area contributed by atoms with E-state index in [2.05, 4.69) is 116 Å². The second-order valence-corrected chi connectivity index (χ2v) is 35.9. The molecule has 20 atom stereocenters. The van der Waals surface area contributed by atoms with E-state index < -0.39 is 116 Å². The monoisotopic (exact) mass is 1710 g/mol. The van der Waals surface area contributed by atoms with Crippen LogP contribution in [0.1, 0.15) is 138 Å². The molecule has 12 heterocycles. The smallest absolute Gasteiger partial charge is 0.344 e. The zero-order valence-electron chi connectivity index (χ0n) is 72.8. The minimum Gasteiger partial charge on any atom is -0.496 e. The van der Waals surface area contributed by atoms with Crippen molar-refractivity contribution in [2.75, 3.05) is 119 Å². The van der Waals surface area contributed by atoms with E-state index in [0.29, 0.717) is 100 Å². The van der Waals surface area contributed by atoms with Gasteiger partial charge in [-0.25, -0.2) is 19.2 Å². The van der Waals surface area contributed by atoms with Gasteiger partial charge in [-0.15, -0.1) is 0 Å². The first-order chi connectivity index (χ1) is 59.2. The van der Waals surface area contributed by atoms with E-state index >= 15 is 9.59 Å². The Kier molecular flexibility index (Phi) is 22.4. The van der Waals surface area contributed by atoms with Crippen molar-refractivity contribution in [1.29, 1.82) is 0 Å². The number of carboxylic acids is 2. The number of esters is 6. The second kappa shape index (κ2) is 31.9. The molecule has 2 spiro atoms. The maximum atomic E-state index is 15.2. The summed E-state index contributed by atoms with van der Waals surface area (Å²) in [5.74, 6) is -6.16. The number of aliphatic hydroxyl groups is 4. The number of aromatic amines is 2. The molecule has 662 valence electrons. The molecule has 0 amide bonds. The molecule has 30 nitrogen and oxygen atoms in total. The maximum absolute atomic E-state index is 15.2. The van der Waals surface area contributed by atoms with Gasteiger partial charge < -0.3 is 88.3 Å². The Bertz CT molecular complexity index is 5150. The summed E-state index contributed by atoms with van der Waals surface area (Å²) in [5.41, 5.74) is 2.10. The minimum absolute atomic E-state index is 0.0284. The van der Waals surface area contributed by atoms with Crippen LogP contribution in [0.15, 0.2) is 120 Å². The topological polar surface area (TPSA) is 383 Å². The number of H-pyrrole nitrogens is 2. The Balaban J connectivity index is 0.000000165. The number of aromatic nitrogens is 2. The molecule has 6 aromatic rings. The molecule has 4 fully saturated rings. The number of methoxy groups -OCH3 is 6. The van der Waals surface area contributed by atoms with E-state index in [9.17, 15) is 39.0 Å². The van der Waals surface area contributed by atoms with Crippen LogP contribution >= 0.6 is 0 Å². The number of nitrogens with one attached hydrogen (secondary N) is 2. The van der Waals surface area contributed by atoms with Gasteiger partial charge in [-0.2, -0.15) is 0 Å². The van der Waals surface area contributed by atoms with Crippen molar-refractivity contribution in [3.05, 3.63) is 165 Å². The molecule has 30 heteroatoms. The first-order valence-electron chi connectivity index (χ1n) is 43.0. The van der Waals surface area contributed by atoms with E-state index in [1.165, 1.54) is 53.4 Å². The van der Waals surface area contributed by atoms with Gasteiger partial charge in [0.25, 0.3) is 0 Å². The molecule has 18 rings (SSSR count). The summed E-state index contributed by atoms with van der Waals surface area (Å²) >= 11 is 0. The van der Waals surface area contributed by atoms with Crippen LogP contribution in [-0.4, -0.2) is 277 Å². The Labute approximate surface area is 719 Å². The van der Waals surface area contributed by atoms with E-state index in [4.69, 9.17) is 58.3 Å². The molecule has 124 heavy (non-hydrogen) atoms. The van der Waals surface area contributed by atoms with Crippen LogP contribution in [0.4, 0.5) is 11.4 Å². The number of anilines is 2. The summed E-state index contributed by atoms with van der Waals surface area (Å²) in [4.78, 5) is 126. The van der Waals surface area contributed by atoms with E-state index in [0.717, 1.165) is 106 Å². The van der Waals surface area contributed by atoms with E-state index in [1.54, 1.807) is 14.2 Å². The quantitative estimate of drug-likeness (QED) is 0.0251. The number of nitrogens with zero attached hydrogens (tertiary/aromatic N) is 6. The molecule has 2 unspecified atom stereocenters. The standard InChI is InChI=1S/2C45H54N4O8.C4H6O6/c2*1-8-27-19-28-22-44(40(51)55-6,36-30(25-48(23-27)24-28)29-13-10-11-14-33(29)46-36)32-20-31-34(21-35(32)54-5)47(4)38-43(31)16-18-49-17-12-15-42(9-2,37(43)49)39(57-26(3)50)45(38,53)41(52)56-7;5-1(3(7)8)2(6)4(9)10/h2*10-15,19-21,28,37-39,46,53H,8-9,16-18,22-25H2,1-7H3;1-2,5-6H,(H,7,8)(H,9,10)/t2*28-,37-,38+,39+,42+,43+,44-,45-;/m00./s1. The lowest BCUT2D eigenvalue weighted by molar-refractivity contribution is -0.229. The van der Waals surface area contributed by atoms with Gasteiger partial charge in [0.1, 0.15) is 22.3 Å². The number of carboxylic acid groups (broad SMARTS) is 2. The largest absolute Gasteiger partial charge is 0.496 e. The second-order valence-electron chi connectivity index (χ2n) is 35.9. The predicted molar refractivity (Wildman–Crippen MR) is 455 cm³/mol. The molecule has 12 aliphatic rings. The molecule has 8 N–H and O–H groups in total. The number of ether oxygens (including phenoxy) is 8. The highest BCUT2D eigenvalue weighted by Crippen LogP contribution is 2.71. The summed E-state index contributed by atoms with van der Waals surface area (Å²) < 4.78 is 47.8. The van der Waals surface area contributed by atoms with Gasteiger partial charge in [0.05, 0.1) is 54.7 Å². The van der Waals surface area contributed by atoms with Crippen molar-refractivity contribution in [1.82, 2.24) is 29.6 Å². The zero-order chi connectivity index (χ0) is 88.8. The van der Waals surface area contributed by atoms with E-state index in [1.807, 2.05) is 74.1 Å². The van der Waals surface area contributed by atoms with Crippen LogP contribution < -0.4 is 19.3 Å². The van der Waals surface area contributed by atoms with Crippen LogP contribution in [0.5, 0.6) is 11.5 Å². The normalized spacial score (nSPS) is 33.4. The number of likely N-dealkylation sites (N-methyl/N-ethyl adjacent to an activating group) is 2. The van der Waals surface area contributed by atoms with Gasteiger partial charge in [0.15, 0.2) is 24.4 Å². The van der Waals surface area contributed by atoms with Gasteiger partial charge in [-0.1, -0.05) is 112 Å². The SMILES string of the molecule is CCC1=C[C@@H]2C[N@](C1)Cc1c([nH]c3ccccc13)[C@@](C(=O)OC)(c1cc3c(cc1OC)N(C)[C@H]1[C@@](O)(C(=O)OC)[C@H](OC(C)=O)[C@]4(CC)C=CCN5CC[C@]31[C@@H]54)C2.CCC1=C[C@@H]2C[N@](C1)Cc1c([nH]c3ccccc13)[C@@](C(=O)OC)(c1cc3c(cc1OC)N(C)[C@H]1[C@@](O)(C(=O)OC)[C@H](OC(C)=O)[C@]4(CC)C=CCN5CC[C@]31[C@@H]54)C2.O=C(O)C(O)C(O)C(=O)O. The molecule has 10 aliphatic heterocycles. The minimum atomic E-state index is -2.27. The summed E-state index contributed by atoms with van der Waals surface area (Å²) in [6, 6.07) is 22.3. The van der Waals surface area contributed by atoms with E-state index in [-0.39, 0.29) is 35.9 Å². The molecular weight excluding hydrogens is 1590 g/mol. The molecule has 2 aliphatic carbocycles. The third kappa shape index (κ3) is 12.3. The number of fused-ring (bicyclic) bond motifs is 12. The number of hydrogen-bond donors (Lipinski definition) is 8. The number of hydrogen-bond acceptors (Lipinski definition) is 26. The summed E-state index contributed by atoms with van der Waals surface area (Å²) in [6.45, 7) is 18.4. The zero-order valence-corrected chi connectivity index (χ0v) is 72.8. The van der Waals surface area contributed by atoms with Gasteiger partial charge in [-0.3, -0.25) is 38.8 Å². The molecule has 2 saturated heterocycles. The molecule has 2 aromatic heterocycles. The number of para-hydroxylation sites is 2. The number of rotatable bonds is 17. The first-order valence-corrected chi connectivity index (χ1v) is 43.0. The first kappa shape index (κ1) is 87.1. The van der Waals surface area contributed by atoms with Crippen molar-refractivity contribution in [2.45, 2.75) is 187 Å². The Morgan fingerprint density at radius 1 is 0.500 bits per heavy atom. The molecular formula is C94H114N8O22.